The second-order valence-corrected chi connectivity index (χ2v) is 6.13. The molecule has 6 heteroatoms. The van der Waals surface area contributed by atoms with Gasteiger partial charge in [0.15, 0.2) is 11.5 Å². The van der Waals surface area contributed by atoms with Crippen LogP contribution >= 0.6 is 0 Å². The second kappa shape index (κ2) is 9.22. The maximum Gasteiger partial charge on any atom is 0.276 e. The van der Waals surface area contributed by atoms with Gasteiger partial charge in [-0.2, -0.15) is 0 Å². The van der Waals surface area contributed by atoms with Gasteiger partial charge in [0.05, 0.1) is 13.3 Å². The summed E-state index contributed by atoms with van der Waals surface area (Å²) in [6.07, 6.45) is 7.33. The first-order valence-electron chi connectivity index (χ1n) is 8.87. The highest BCUT2D eigenvalue weighted by Gasteiger charge is 2.32. The van der Waals surface area contributed by atoms with Crippen LogP contribution in [0.1, 0.15) is 18.4 Å². The monoisotopic (exact) mass is 355 g/mol. The van der Waals surface area contributed by atoms with Gasteiger partial charge in [0.2, 0.25) is 0 Å². The van der Waals surface area contributed by atoms with E-state index in [0.717, 1.165) is 18.4 Å². The SMILES string of the molecule is C=CCCCN1CNN2/C=C\COC/C(OCc3ccccc3)=C\2C1=O. The zero-order chi connectivity index (χ0) is 18.2. The van der Waals surface area contributed by atoms with Crippen molar-refractivity contribution < 1.29 is 14.3 Å². The lowest BCUT2D eigenvalue weighted by Gasteiger charge is -2.37. The predicted molar refractivity (Wildman–Crippen MR) is 99.2 cm³/mol. The number of amides is 1. The van der Waals surface area contributed by atoms with E-state index in [1.54, 1.807) is 9.91 Å². The van der Waals surface area contributed by atoms with Crippen LogP contribution < -0.4 is 5.43 Å². The number of hydrogen-bond acceptors (Lipinski definition) is 5. The third-order valence-electron chi connectivity index (χ3n) is 4.22. The lowest BCUT2D eigenvalue weighted by Crippen LogP contribution is -2.54. The molecule has 1 saturated heterocycles. The number of fused-ring (bicyclic) bond motifs is 1. The highest BCUT2D eigenvalue weighted by Crippen LogP contribution is 2.21. The number of carbonyl (C=O) groups is 1. The van der Waals surface area contributed by atoms with E-state index in [2.05, 4.69) is 12.0 Å². The number of unbranched alkanes of at least 4 members (excludes halogenated alkanes) is 1. The van der Waals surface area contributed by atoms with E-state index in [-0.39, 0.29) is 12.5 Å². The summed E-state index contributed by atoms with van der Waals surface area (Å²) in [7, 11) is 0. The van der Waals surface area contributed by atoms with Crippen molar-refractivity contribution in [2.45, 2.75) is 19.4 Å². The molecule has 1 aromatic rings. The average Bonchev–Trinajstić information content (AvgIpc) is 2.65. The standard InChI is InChI=1S/C20H25N3O3/c1-2-3-7-11-22-16-21-23-12-8-13-25-15-18(19(23)20(22)24)26-14-17-9-5-4-6-10-17/h2,4-6,8-10,12,21H,1,3,7,11,13-16H2/b12-8-,19-18+. The van der Waals surface area contributed by atoms with Crippen molar-refractivity contribution in [2.24, 2.45) is 0 Å². The molecular formula is C20H25N3O3. The third-order valence-corrected chi connectivity index (χ3v) is 4.22. The van der Waals surface area contributed by atoms with Crippen LogP contribution in [-0.4, -0.2) is 42.2 Å². The maximum atomic E-state index is 13.0. The number of benzene rings is 1. The summed E-state index contributed by atoms with van der Waals surface area (Å²) in [5, 5.41) is 1.75. The van der Waals surface area contributed by atoms with Crippen LogP contribution in [0.2, 0.25) is 0 Å². The van der Waals surface area contributed by atoms with Crippen LogP contribution in [0.25, 0.3) is 0 Å². The molecule has 2 heterocycles. The molecular weight excluding hydrogens is 330 g/mol. The Bertz CT molecular complexity index is 685. The molecule has 3 rings (SSSR count). The fourth-order valence-electron chi connectivity index (χ4n) is 2.84. The van der Waals surface area contributed by atoms with Gasteiger partial charge in [-0.1, -0.05) is 36.4 Å². The highest BCUT2D eigenvalue weighted by molar-refractivity contribution is 5.94. The number of hydrogen-bond donors (Lipinski definition) is 1. The van der Waals surface area contributed by atoms with Crippen molar-refractivity contribution in [3.8, 4) is 0 Å². The van der Waals surface area contributed by atoms with Crippen molar-refractivity contribution >= 4 is 5.91 Å². The predicted octanol–water partition coefficient (Wildman–Crippen LogP) is 2.53. The Kier molecular flexibility index (Phi) is 6.46. The van der Waals surface area contributed by atoms with E-state index >= 15 is 0 Å². The van der Waals surface area contributed by atoms with E-state index in [1.165, 1.54) is 0 Å². The number of nitrogens with zero attached hydrogens (tertiary/aromatic N) is 2. The smallest absolute Gasteiger partial charge is 0.276 e. The summed E-state index contributed by atoms with van der Waals surface area (Å²) < 4.78 is 11.6. The Hall–Kier alpha value is -2.57. The molecule has 0 spiro atoms. The van der Waals surface area contributed by atoms with Crippen molar-refractivity contribution in [3.63, 3.8) is 0 Å². The first-order chi connectivity index (χ1) is 12.8. The van der Waals surface area contributed by atoms with E-state index < -0.39 is 0 Å². The van der Waals surface area contributed by atoms with Crippen molar-refractivity contribution in [1.82, 2.24) is 15.3 Å². The van der Waals surface area contributed by atoms with E-state index in [1.807, 2.05) is 48.7 Å². The Balaban J connectivity index is 1.79. The van der Waals surface area contributed by atoms with Gasteiger partial charge in [-0.15, -0.1) is 6.58 Å². The first-order valence-corrected chi connectivity index (χ1v) is 8.87. The molecule has 1 fully saturated rings. The number of allylic oxidation sites excluding steroid dienone is 1. The topological polar surface area (TPSA) is 54.0 Å². The lowest BCUT2D eigenvalue weighted by molar-refractivity contribution is -0.133. The van der Waals surface area contributed by atoms with Gasteiger partial charge in [-0.3, -0.25) is 9.80 Å². The van der Waals surface area contributed by atoms with E-state index in [0.29, 0.717) is 37.9 Å². The Morgan fingerprint density at radius 3 is 2.96 bits per heavy atom. The van der Waals surface area contributed by atoms with Crippen molar-refractivity contribution in [2.75, 3.05) is 26.4 Å². The van der Waals surface area contributed by atoms with Crippen molar-refractivity contribution in [1.29, 1.82) is 0 Å². The van der Waals surface area contributed by atoms with Crippen LogP contribution in [0, 0.1) is 0 Å². The third kappa shape index (κ3) is 4.53. The first kappa shape index (κ1) is 18.2. The molecule has 6 nitrogen and oxygen atoms in total. The normalized spacial score (nSPS) is 21.6. The fraction of sp³-hybridized carbons (Fsp3) is 0.350. The number of hydrazine groups is 1. The van der Waals surface area contributed by atoms with Gasteiger partial charge in [0, 0.05) is 12.7 Å². The molecule has 1 amide bonds. The molecule has 26 heavy (non-hydrogen) atoms. The summed E-state index contributed by atoms with van der Waals surface area (Å²) in [5.74, 6) is 0.496. The minimum absolute atomic E-state index is 0.0500. The number of ether oxygens (including phenoxy) is 2. The quantitative estimate of drug-likeness (QED) is 0.602. The highest BCUT2D eigenvalue weighted by atomic mass is 16.5. The van der Waals surface area contributed by atoms with E-state index in [4.69, 9.17) is 9.47 Å². The summed E-state index contributed by atoms with van der Waals surface area (Å²) in [6, 6.07) is 9.89. The van der Waals surface area contributed by atoms with Crippen LogP contribution in [0.5, 0.6) is 0 Å². The van der Waals surface area contributed by atoms with Crippen LogP contribution in [0.4, 0.5) is 0 Å². The molecule has 0 radical (unpaired) electrons. The van der Waals surface area contributed by atoms with Crippen LogP contribution in [0.15, 0.2) is 66.7 Å². The minimum Gasteiger partial charge on any atom is -0.488 e. The molecule has 0 unspecified atom stereocenters. The molecule has 0 aromatic heterocycles. The number of rotatable bonds is 7. The lowest BCUT2D eigenvalue weighted by atomic mass is 10.2. The molecule has 2 aliphatic heterocycles. The molecule has 0 saturated carbocycles. The Morgan fingerprint density at radius 1 is 1.31 bits per heavy atom. The van der Waals surface area contributed by atoms with Crippen molar-refractivity contribution in [3.05, 3.63) is 72.3 Å². The molecule has 1 N–H and O–H groups in total. The zero-order valence-electron chi connectivity index (χ0n) is 14.9. The van der Waals surface area contributed by atoms with Crippen LogP contribution in [-0.2, 0) is 20.9 Å². The summed E-state index contributed by atoms with van der Waals surface area (Å²) in [4.78, 5) is 14.8. The van der Waals surface area contributed by atoms with Gasteiger partial charge in [0.25, 0.3) is 5.91 Å². The summed E-state index contributed by atoms with van der Waals surface area (Å²) in [6.45, 7) is 6.00. The van der Waals surface area contributed by atoms with Crippen LogP contribution in [0.3, 0.4) is 0 Å². The Morgan fingerprint density at radius 2 is 2.15 bits per heavy atom. The molecule has 0 aliphatic carbocycles. The number of carbonyl (C=O) groups excluding carboxylic acids is 1. The van der Waals surface area contributed by atoms with Gasteiger partial charge in [0.1, 0.15) is 13.2 Å². The maximum absolute atomic E-state index is 13.0. The van der Waals surface area contributed by atoms with Gasteiger partial charge >= 0.3 is 0 Å². The number of nitrogens with one attached hydrogen (secondary N) is 1. The molecule has 2 aliphatic rings. The van der Waals surface area contributed by atoms with Gasteiger partial charge in [-0.25, -0.2) is 5.43 Å². The summed E-state index contributed by atoms with van der Waals surface area (Å²) >= 11 is 0. The second-order valence-electron chi connectivity index (χ2n) is 6.13. The zero-order valence-corrected chi connectivity index (χ0v) is 14.9. The largest absolute Gasteiger partial charge is 0.488 e. The fourth-order valence-corrected chi connectivity index (χ4v) is 2.84. The summed E-state index contributed by atoms with van der Waals surface area (Å²) in [5.41, 5.74) is 4.79. The molecule has 0 bridgehead atoms. The average molecular weight is 355 g/mol. The molecule has 0 atom stereocenters. The minimum atomic E-state index is -0.0500. The molecule has 138 valence electrons. The molecule has 1 aromatic carbocycles. The van der Waals surface area contributed by atoms with Gasteiger partial charge in [-0.05, 0) is 24.5 Å². The van der Waals surface area contributed by atoms with Gasteiger partial charge < -0.3 is 14.4 Å². The van der Waals surface area contributed by atoms with E-state index in [9.17, 15) is 4.79 Å². The Labute approximate surface area is 154 Å².